The van der Waals surface area contributed by atoms with Gasteiger partial charge in [-0.05, 0) is 43.2 Å². The molecule has 0 unspecified atom stereocenters. The second-order valence-corrected chi connectivity index (χ2v) is 9.94. The Hall–Kier alpha value is -2.62. The number of carbonyl (C=O) groups excluding carboxylic acids is 2. The molecule has 0 aliphatic carbocycles. The van der Waals surface area contributed by atoms with E-state index in [2.05, 4.69) is 4.72 Å². The van der Waals surface area contributed by atoms with E-state index in [0.29, 0.717) is 31.7 Å². The molecule has 0 radical (unpaired) electrons. The number of likely N-dealkylation sites (N-methyl/N-ethyl adjacent to an activating group) is 1. The number of sulfonamides is 1. The van der Waals surface area contributed by atoms with E-state index < -0.39 is 15.9 Å². The highest BCUT2D eigenvalue weighted by Crippen LogP contribution is 2.22. The maximum absolute atomic E-state index is 12.9. The van der Waals surface area contributed by atoms with E-state index in [0.717, 1.165) is 13.0 Å². The summed E-state index contributed by atoms with van der Waals surface area (Å²) in [4.78, 5) is 27.6. The SMILES string of the molecule is CN(CCOc1ccccc1)C(=O)c1cc(S(=O)(=O)NCCCN2CCCC2=O)ccc1Cl. The Morgan fingerprint density at radius 1 is 1.21 bits per heavy atom. The average molecular weight is 494 g/mol. The predicted molar refractivity (Wildman–Crippen MR) is 126 cm³/mol. The summed E-state index contributed by atoms with van der Waals surface area (Å²) in [6, 6.07) is 13.3. The van der Waals surface area contributed by atoms with Crippen LogP contribution in [-0.2, 0) is 14.8 Å². The third kappa shape index (κ3) is 6.93. The van der Waals surface area contributed by atoms with Crippen LogP contribution in [0.15, 0.2) is 53.4 Å². The molecule has 0 aromatic heterocycles. The number of rotatable bonds is 11. The van der Waals surface area contributed by atoms with E-state index in [1.165, 1.54) is 23.1 Å². The molecule has 1 heterocycles. The number of para-hydroxylation sites is 1. The Morgan fingerprint density at radius 3 is 2.67 bits per heavy atom. The molecule has 0 spiro atoms. The van der Waals surface area contributed by atoms with Gasteiger partial charge in [0.25, 0.3) is 5.91 Å². The number of carbonyl (C=O) groups is 2. The Balaban J connectivity index is 1.56. The van der Waals surface area contributed by atoms with Crippen molar-refractivity contribution in [3.63, 3.8) is 0 Å². The highest BCUT2D eigenvalue weighted by molar-refractivity contribution is 7.89. The molecule has 8 nitrogen and oxygen atoms in total. The quantitative estimate of drug-likeness (QED) is 0.485. The van der Waals surface area contributed by atoms with Crippen molar-refractivity contribution in [2.24, 2.45) is 0 Å². The van der Waals surface area contributed by atoms with Gasteiger partial charge in [0, 0.05) is 33.1 Å². The van der Waals surface area contributed by atoms with Crippen LogP contribution in [0.3, 0.4) is 0 Å². The highest BCUT2D eigenvalue weighted by atomic mass is 35.5. The van der Waals surface area contributed by atoms with Crippen LogP contribution in [0.5, 0.6) is 5.75 Å². The fourth-order valence-corrected chi connectivity index (χ4v) is 4.76. The third-order valence-electron chi connectivity index (χ3n) is 5.33. The number of hydrogen-bond acceptors (Lipinski definition) is 5. The minimum atomic E-state index is -3.83. The van der Waals surface area contributed by atoms with Crippen LogP contribution in [0, 0.1) is 0 Å². The molecular weight excluding hydrogens is 466 g/mol. The van der Waals surface area contributed by atoms with Gasteiger partial charge in [0.05, 0.1) is 22.0 Å². The molecule has 0 atom stereocenters. The van der Waals surface area contributed by atoms with Crippen molar-refractivity contribution in [1.29, 1.82) is 0 Å². The van der Waals surface area contributed by atoms with E-state index >= 15 is 0 Å². The largest absolute Gasteiger partial charge is 0.492 e. The predicted octanol–water partition coefficient (Wildman–Crippen LogP) is 2.78. The third-order valence-corrected chi connectivity index (χ3v) is 7.12. The van der Waals surface area contributed by atoms with E-state index in [4.69, 9.17) is 16.3 Å². The topological polar surface area (TPSA) is 96.0 Å². The normalized spacial score (nSPS) is 13.9. The molecule has 0 saturated carbocycles. The summed E-state index contributed by atoms with van der Waals surface area (Å²) in [7, 11) is -2.23. The lowest BCUT2D eigenvalue weighted by Crippen LogP contribution is -2.32. The van der Waals surface area contributed by atoms with Crippen LogP contribution < -0.4 is 9.46 Å². The van der Waals surface area contributed by atoms with Crippen molar-refractivity contribution in [3.05, 3.63) is 59.1 Å². The van der Waals surface area contributed by atoms with E-state index in [1.54, 1.807) is 11.9 Å². The maximum atomic E-state index is 12.9. The molecule has 1 N–H and O–H groups in total. The Kier molecular flexibility index (Phi) is 8.71. The van der Waals surface area contributed by atoms with Crippen LogP contribution in [-0.4, -0.2) is 69.9 Å². The zero-order valence-electron chi connectivity index (χ0n) is 18.5. The first kappa shape index (κ1) is 25.0. The maximum Gasteiger partial charge on any atom is 0.255 e. The minimum absolute atomic E-state index is 0.0403. The number of likely N-dealkylation sites (tertiary alicyclic amines) is 1. The number of ether oxygens (including phenoxy) is 1. The number of benzene rings is 2. The standard InChI is InChI=1S/C23H28ClN3O5S/c1-26(15-16-32-18-7-3-2-4-8-18)23(29)20-17-19(10-11-21(20)24)33(30,31)25-12-6-14-27-13-5-9-22(27)28/h2-4,7-8,10-11,17,25H,5-6,9,12-16H2,1H3. The van der Waals surface area contributed by atoms with Crippen LogP contribution >= 0.6 is 11.6 Å². The fourth-order valence-electron chi connectivity index (χ4n) is 3.46. The summed E-state index contributed by atoms with van der Waals surface area (Å²) in [6.45, 7) is 2.01. The zero-order valence-corrected chi connectivity index (χ0v) is 20.1. The van der Waals surface area contributed by atoms with Crippen LogP contribution in [0.25, 0.3) is 0 Å². The van der Waals surface area contributed by atoms with Crippen LogP contribution in [0.2, 0.25) is 5.02 Å². The molecule has 3 rings (SSSR count). The fraction of sp³-hybridized carbons (Fsp3) is 0.391. The number of halogens is 1. The molecule has 10 heteroatoms. The summed E-state index contributed by atoms with van der Waals surface area (Å²) in [6.07, 6.45) is 1.91. The summed E-state index contributed by atoms with van der Waals surface area (Å²) in [5, 5.41) is 0.169. The van der Waals surface area contributed by atoms with Gasteiger partial charge in [0.15, 0.2) is 0 Å². The molecular formula is C23H28ClN3O5S. The van der Waals surface area contributed by atoms with Gasteiger partial charge in [0.2, 0.25) is 15.9 Å². The smallest absolute Gasteiger partial charge is 0.255 e. The van der Waals surface area contributed by atoms with Crippen molar-refractivity contribution in [2.75, 3.05) is 39.8 Å². The van der Waals surface area contributed by atoms with Crippen LogP contribution in [0.1, 0.15) is 29.6 Å². The highest BCUT2D eigenvalue weighted by Gasteiger charge is 2.22. The van der Waals surface area contributed by atoms with Crippen LogP contribution in [0.4, 0.5) is 0 Å². The Bertz CT molecular complexity index is 1080. The van der Waals surface area contributed by atoms with Gasteiger partial charge in [-0.25, -0.2) is 13.1 Å². The van der Waals surface area contributed by atoms with Gasteiger partial charge >= 0.3 is 0 Å². The van der Waals surface area contributed by atoms with Crippen molar-refractivity contribution < 1.29 is 22.7 Å². The average Bonchev–Trinajstić information content (AvgIpc) is 3.21. The van der Waals surface area contributed by atoms with E-state index in [1.807, 2.05) is 30.3 Å². The van der Waals surface area contributed by atoms with Gasteiger partial charge in [-0.1, -0.05) is 29.8 Å². The van der Waals surface area contributed by atoms with Crippen molar-refractivity contribution in [1.82, 2.24) is 14.5 Å². The first-order valence-corrected chi connectivity index (χ1v) is 12.6. The monoisotopic (exact) mass is 493 g/mol. The number of hydrogen-bond donors (Lipinski definition) is 1. The molecule has 2 aromatic carbocycles. The lowest BCUT2D eigenvalue weighted by molar-refractivity contribution is -0.127. The molecule has 178 valence electrons. The van der Waals surface area contributed by atoms with Crippen molar-refractivity contribution in [3.8, 4) is 5.75 Å². The minimum Gasteiger partial charge on any atom is -0.492 e. The number of amides is 2. The lowest BCUT2D eigenvalue weighted by atomic mass is 10.2. The summed E-state index contributed by atoms with van der Waals surface area (Å²) in [5.74, 6) is 0.405. The van der Waals surface area contributed by atoms with Gasteiger partial charge in [-0.2, -0.15) is 0 Å². The van der Waals surface area contributed by atoms with Gasteiger partial charge in [0.1, 0.15) is 12.4 Å². The molecule has 33 heavy (non-hydrogen) atoms. The van der Waals surface area contributed by atoms with Gasteiger partial charge < -0.3 is 14.5 Å². The molecule has 2 aromatic rings. The Labute approximate surface area is 199 Å². The first-order chi connectivity index (χ1) is 15.8. The first-order valence-electron chi connectivity index (χ1n) is 10.8. The number of nitrogens with zero attached hydrogens (tertiary/aromatic N) is 2. The zero-order chi connectivity index (χ0) is 23.8. The molecule has 2 amide bonds. The molecule has 1 aliphatic rings. The summed E-state index contributed by atoms with van der Waals surface area (Å²) >= 11 is 6.20. The molecule has 1 aliphatic heterocycles. The lowest BCUT2D eigenvalue weighted by Gasteiger charge is -2.19. The van der Waals surface area contributed by atoms with E-state index in [9.17, 15) is 18.0 Å². The second-order valence-electron chi connectivity index (χ2n) is 7.77. The number of nitrogens with one attached hydrogen (secondary N) is 1. The molecule has 1 saturated heterocycles. The van der Waals surface area contributed by atoms with Crippen molar-refractivity contribution >= 4 is 33.4 Å². The molecule has 0 bridgehead atoms. The molecule has 1 fully saturated rings. The second kappa shape index (κ2) is 11.5. The Morgan fingerprint density at radius 2 is 1.97 bits per heavy atom. The summed E-state index contributed by atoms with van der Waals surface area (Å²) in [5.41, 5.74) is 0.101. The van der Waals surface area contributed by atoms with E-state index in [-0.39, 0.29) is 34.5 Å². The van der Waals surface area contributed by atoms with Gasteiger partial charge in [-0.15, -0.1) is 0 Å². The van der Waals surface area contributed by atoms with Crippen molar-refractivity contribution in [2.45, 2.75) is 24.2 Å². The summed E-state index contributed by atoms with van der Waals surface area (Å²) < 4.78 is 33.5. The van der Waals surface area contributed by atoms with Gasteiger partial charge in [-0.3, -0.25) is 9.59 Å².